The average Bonchev–Trinajstić information content (AvgIpc) is 3.19. The minimum atomic E-state index is -0.469. The van der Waals surface area contributed by atoms with Gasteiger partial charge in [-0.2, -0.15) is 0 Å². The first kappa shape index (κ1) is 16.6. The second kappa shape index (κ2) is 6.43. The molecule has 0 saturated carbocycles. The molecule has 2 aromatic rings. The van der Waals surface area contributed by atoms with Gasteiger partial charge in [-0.3, -0.25) is 19.8 Å². The third kappa shape index (κ3) is 2.91. The second-order valence-corrected chi connectivity index (χ2v) is 7.08. The van der Waals surface area contributed by atoms with Crippen molar-refractivity contribution in [3.8, 4) is 11.5 Å². The van der Waals surface area contributed by atoms with Gasteiger partial charge in [0.25, 0.3) is 11.6 Å². The molecule has 4 rings (SSSR count). The fourth-order valence-electron chi connectivity index (χ4n) is 2.56. The van der Waals surface area contributed by atoms with Crippen LogP contribution in [-0.4, -0.2) is 21.9 Å². The summed E-state index contributed by atoms with van der Waals surface area (Å²) < 4.78 is 11.0. The Hall–Kier alpha value is -2.91. The Morgan fingerprint density at radius 2 is 1.88 bits per heavy atom. The number of carbonyl (C=O) groups is 1. The number of anilines is 1. The van der Waals surface area contributed by atoms with Gasteiger partial charge in [0.1, 0.15) is 0 Å². The molecule has 0 unspecified atom stereocenters. The minimum Gasteiger partial charge on any atom is -0.454 e. The van der Waals surface area contributed by atoms with Gasteiger partial charge in [-0.25, -0.2) is 0 Å². The molecule has 7 nitrogen and oxygen atoms in total. The van der Waals surface area contributed by atoms with Crippen molar-refractivity contribution >= 4 is 51.7 Å². The molecule has 0 radical (unpaired) electrons. The number of fused-ring (bicyclic) bond motifs is 1. The first-order valence-corrected chi connectivity index (χ1v) is 8.67. The number of amides is 1. The molecule has 1 amide bonds. The number of nitro groups is 1. The van der Waals surface area contributed by atoms with E-state index in [-0.39, 0.29) is 18.4 Å². The maximum atomic E-state index is 12.8. The molecule has 2 aromatic carbocycles. The van der Waals surface area contributed by atoms with E-state index in [0.717, 1.165) is 0 Å². The summed E-state index contributed by atoms with van der Waals surface area (Å²) in [4.78, 5) is 24.9. The summed E-state index contributed by atoms with van der Waals surface area (Å²) in [5.41, 5.74) is 1.28. The Labute approximate surface area is 157 Å². The smallest absolute Gasteiger partial charge is 0.270 e. The molecule has 2 aliphatic rings. The van der Waals surface area contributed by atoms with E-state index in [1.807, 2.05) is 0 Å². The van der Waals surface area contributed by atoms with Gasteiger partial charge in [0.2, 0.25) is 6.79 Å². The van der Waals surface area contributed by atoms with Crippen LogP contribution in [0.1, 0.15) is 5.56 Å². The van der Waals surface area contributed by atoms with Crippen molar-refractivity contribution in [3.63, 3.8) is 0 Å². The average molecular weight is 386 g/mol. The van der Waals surface area contributed by atoms with E-state index in [2.05, 4.69) is 0 Å². The van der Waals surface area contributed by atoms with Crippen LogP contribution in [0.3, 0.4) is 0 Å². The van der Waals surface area contributed by atoms with Crippen molar-refractivity contribution in [2.75, 3.05) is 11.7 Å². The highest BCUT2D eigenvalue weighted by molar-refractivity contribution is 8.27. The molecule has 0 N–H and O–H groups in total. The molecule has 26 heavy (non-hydrogen) atoms. The molecule has 2 aliphatic heterocycles. The highest BCUT2D eigenvalue weighted by Gasteiger charge is 2.34. The van der Waals surface area contributed by atoms with Gasteiger partial charge in [-0.05, 0) is 35.9 Å². The maximum absolute atomic E-state index is 12.8. The first-order valence-electron chi connectivity index (χ1n) is 7.45. The number of benzene rings is 2. The number of hydrogen-bond donors (Lipinski definition) is 0. The van der Waals surface area contributed by atoms with E-state index in [4.69, 9.17) is 21.7 Å². The topological polar surface area (TPSA) is 81.9 Å². The predicted molar refractivity (Wildman–Crippen MR) is 101 cm³/mol. The Balaban J connectivity index is 1.61. The summed E-state index contributed by atoms with van der Waals surface area (Å²) in [5.74, 6) is 0.939. The minimum absolute atomic E-state index is 0.00458. The van der Waals surface area contributed by atoms with Gasteiger partial charge in [0, 0.05) is 18.2 Å². The number of nitro benzene ring substituents is 1. The summed E-state index contributed by atoms with van der Waals surface area (Å²) >= 11 is 6.52. The number of ether oxygens (including phenoxy) is 2. The molecule has 0 aromatic heterocycles. The monoisotopic (exact) mass is 386 g/mol. The Bertz CT molecular complexity index is 972. The molecule has 1 saturated heterocycles. The number of nitrogens with zero attached hydrogens (tertiary/aromatic N) is 2. The van der Waals surface area contributed by atoms with E-state index >= 15 is 0 Å². The predicted octanol–water partition coefficient (Wildman–Crippen LogP) is 3.73. The number of rotatable bonds is 3. The van der Waals surface area contributed by atoms with E-state index in [0.29, 0.717) is 32.0 Å². The highest BCUT2D eigenvalue weighted by atomic mass is 32.2. The van der Waals surface area contributed by atoms with E-state index in [9.17, 15) is 14.9 Å². The molecule has 0 bridgehead atoms. The largest absolute Gasteiger partial charge is 0.454 e. The summed E-state index contributed by atoms with van der Waals surface area (Å²) in [5, 5.41) is 10.7. The lowest BCUT2D eigenvalue weighted by Crippen LogP contribution is -2.27. The standard InChI is InChI=1S/C17H10N2O5S2/c20-16-15(7-10-1-3-11(4-2-10)19(21)22)26-17(25)18(16)12-5-6-13-14(8-12)24-9-23-13/h1-8H,9H2. The van der Waals surface area contributed by atoms with Crippen LogP contribution in [0.4, 0.5) is 11.4 Å². The van der Waals surface area contributed by atoms with Crippen LogP contribution in [0.15, 0.2) is 47.4 Å². The van der Waals surface area contributed by atoms with Gasteiger partial charge in [-0.15, -0.1) is 0 Å². The zero-order chi connectivity index (χ0) is 18.3. The van der Waals surface area contributed by atoms with Gasteiger partial charge in [0.15, 0.2) is 15.8 Å². The molecule has 9 heteroatoms. The van der Waals surface area contributed by atoms with Crippen LogP contribution in [0.2, 0.25) is 0 Å². The van der Waals surface area contributed by atoms with Crippen LogP contribution < -0.4 is 14.4 Å². The zero-order valence-corrected chi connectivity index (χ0v) is 14.7. The van der Waals surface area contributed by atoms with Crippen molar-refractivity contribution in [1.29, 1.82) is 0 Å². The van der Waals surface area contributed by atoms with Gasteiger partial charge < -0.3 is 9.47 Å². The number of non-ortho nitro benzene ring substituents is 1. The Morgan fingerprint density at radius 1 is 1.15 bits per heavy atom. The molecule has 0 atom stereocenters. The van der Waals surface area contributed by atoms with Gasteiger partial charge >= 0.3 is 0 Å². The number of hydrogen-bond acceptors (Lipinski definition) is 7. The molecule has 2 heterocycles. The fraction of sp³-hybridized carbons (Fsp3) is 0.0588. The van der Waals surface area contributed by atoms with E-state index in [1.54, 1.807) is 36.4 Å². The summed E-state index contributed by atoms with van der Waals surface area (Å²) in [7, 11) is 0. The first-order chi connectivity index (χ1) is 12.5. The molecule has 0 aliphatic carbocycles. The SMILES string of the molecule is O=C1C(=Cc2ccc([N+](=O)[O-])cc2)SC(=S)N1c1ccc2c(c1)OCO2. The van der Waals surface area contributed by atoms with Crippen LogP contribution in [0, 0.1) is 10.1 Å². The normalized spacial score (nSPS) is 17.2. The van der Waals surface area contributed by atoms with E-state index < -0.39 is 4.92 Å². The van der Waals surface area contributed by atoms with Crippen LogP contribution in [-0.2, 0) is 4.79 Å². The van der Waals surface area contributed by atoms with E-state index in [1.165, 1.54) is 28.8 Å². The second-order valence-electron chi connectivity index (χ2n) is 5.40. The third-order valence-corrected chi connectivity index (χ3v) is 5.11. The van der Waals surface area contributed by atoms with Crippen molar-refractivity contribution < 1.29 is 19.2 Å². The zero-order valence-electron chi connectivity index (χ0n) is 13.1. The van der Waals surface area contributed by atoms with Crippen molar-refractivity contribution in [3.05, 3.63) is 63.0 Å². The quantitative estimate of drug-likeness (QED) is 0.344. The van der Waals surface area contributed by atoms with Crippen LogP contribution >= 0.6 is 24.0 Å². The van der Waals surface area contributed by atoms with Gasteiger partial charge in [-0.1, -0.05) is 24.0 Å². The molecular formula is C17H10N2O5S2. The summed E-state index contributed by atoms with van der Waals surface area (Å²) in [6.07, 6.45) is 1.66. The lowest BCUT2D eigenvalue weighted by Gasteiger charge is -2.14. The number of thioether (sulfide) groups is 1. The molecule has 0 spiro atoms. The number of thiocarbonyl (C=S) groups is 1. The van der Waals surface area contributed by atoms with Crippen molar-refractivity contribution in [2.24, 2.45) is 0 Å². The lowest BCUT2D eigenvalue weighted by atomic mass is 10.2. The van der Waals surface area contributed by atoms with Crippen molar-refractivity contribution in [1.82, 2.24) is 0 Å². The summed E-state index contributed by atoms with van der Waals surface area (Å²) in [6, 6.07) is 11.1. The highest BCUT2D eigenvalue weighted by Crippen LogP contribution is 2.40. The fourth-order valence-corrected chi connectivity index (χ4v) is 3.86. The Morgan fingerprint density at radius 3 is 2.62 bits per heavy atom. The molecular weight excluding hydrogens is 376 g/mol. The van der Waals surface area contributed by atoms with Crippen LogP contribution in [0.5, 0.6) is 11.5 Å². The van der Waals surface area contributed by atoms with Crippen LogP contribution in [0.25, 0.3) is 6.08 Å². The maximum Gasteiger partial charge on any atom is 0.270 e. The molecule has 1 fully saturated rings. The summed E-state index contributed by atoms with van der Waals surface area (Å²) in [6.45, 7) is 0.150. The lowest BCUT2D eigenvalue weighted by molar-refractivity contribution is -0.384. The number of carbonyl (C=O) groups excluding carboxylic acids is 1. The van der Waals surface area contributed by atoms with Crippen molar-refractivity contribution in [2.45, 2.75) is 0 Å². The third-order valence-electron chi connectivity index (χ3n) is 3.81. The Kier molecular flexibility index (Phi) is 4.09. The molecule has 130 valence electrons. The van der Waals surface area contributed by atoms with Gasteiger partial charge in [0.05, 0.1) is 15.5 Å².